The molecule has 0 aliphatic rings. The summed E-state index contributed by atoms with van der Waals surface area (Å²) >= 11 is 0. The molecule has 0 radical (unpaired) electrons. The minimum Gasteiger partial charge on any atom is -0.484 e. The molecule has 174 valence electrons. The van der Waals surface area contributed by atoms with Crippen LogP contribution in [-0.4, -0.2) is 44.5 Å². The fraction of sp³-hybridized carbons (Fsp3) is 0.120. The molecule has 0 aliphatic heterocycles. The zero-order valence-electron chi connectivity index (χ0n) is 18.3. The van der Waals surface area contributed by atoms with Crippen LogP contribution in [0.25, 0.3) is 0 Å². The fourth-order valence-electron chi connectivity index (χ4n) is 2.99. The van der Waals surface area contributed by atoms with Gasteiger partial charge in [0.15, 0.2) is 12.4 Å². The summed E-state index contributed by atoms with van der Waals surface area (Å²) in [6.07, 6.45) is 0. The van der Waals surface area contributed by atoms with Crippen molar-refractivity contribution in [1.82, 2.24) is 0 Å². The number of esters is 2. The smallest absolute Gasteiger partial charge is 0.337 e. The summed E-state index contributed by atoms with van der Waals surface area (Å²) in [5.41, 5.74) is 1.01. The van der Waals surface area contributed by atoms with Crippen LogP contribution in [-0.2, 0) is 14.3 Å². The van der Waals surface area contributed by atoms with Crippen LogP contribution in [0.5, 0.6) is 5.75 Å². The topological polar surface area (TPSA) is 108 Å². The number of carbonyl (C=O) groups excluding carboxylic acids is 4. The van der Waals surface area contributed by atoms with Crippen LogP contribution < -0.4 is 10.1 Å². The average Bonchev–Trinajstić information content (AvgIpc) is 2.86. The largest absolute Gasteiger partial charge is 0.484 e. The molecule has 1 amide bonds. The molecule has 0 unspecified atom stereocenters. The van der Waals surface area contributed by atoms with Crippen LogP contribution in [0.1, 0.15) is 36.6 Å². The third kappa shape index (κ3) is 6.04. The summed E-state index contributed by atoms with van der Waals surface area (Å²) in [7, 11) is 2.38. The van der Waals surface area contributed by atoms with E-state index in [0.29, 0.717) is 16.9 Å². The van der Waals surface area contributed by atoms with Gasteiger partial charge in [-0.3, -0.25) is 9.59 Å². The number of halogens is 1. The highest BCUT2D eigenvalue weighted by Gasteiger charge is 2.15. The third-order valence-corrected chi connectivity index (χ3v) is 4.65. The minimum absolute atomic E-state index is 0.0584. The first-order valence-corrected chi connectivity index (χ1v) is 9.95. The molecule has 34 heavy (non-hydrogen) atoms. The predicted molar refractivity (Wildman–Crippen MR) is 120 cm³/mol. The highest BCUT2D eigenvalue weighted by atomic mass is 19.1. The average molecular weight is 465 g/mol. The van der Waals surface area contributed by atoms with Gasteiger partial charge in [-0.05, 0) is 66.7 Å². The van der Waals surface area contributed by atoms with Crippen molar-refractivity contribution in [1.29, 1.82) is 0 Å². The monoisotopic (exact) mass is 465 g/mol. The Hall–Kier alpha value is -4.53. The minimum atomic E-state index is -0.687. The molecule has 8 nitrogen and oxygen atoms in total. The second kappa shape index (κ2) is 10.9. The van der Waals surface area contributed by atoms with Gasteiger partial charge < -0.3 is 19.5 Å². The summed E-state index contributed by atoms with van der Waals surface area (Å²) < 4.78 is 27.8. The molecule has 3 aromatic carbocycles. The Morgan fingerprint density at radius 2 is 1.24 bits per heavy atom. The lowest BCUT2D eigenvalue weighted by Gasteiger charge is -2.11. The van der Waals surface area contributed by atoms with Crippen molar-refractivity contribution in [3.8, 4) is 5.75 Å². The van der Waals surface area contributed by atoms with Crippen molar-refractivity contribution < 1.29 is 37.8 Å². The van der Waals surface area contributed by atoms with Gasteiger partial charge in [0, 0.05) is 16.8 Å². The summed E-state index contributed by atoms with van der Waals surface area (Å²) in [6, 6.07) is 15.3. The summed E-state index contributed by atoms with van der Waals surface area (Å²) in [5.74, 6) is -2.30. The molecule has 0 heterocycles. The molecule has 0 bridgehead atoms. The number of ether oxygens (including phenoxy) is 3. The van der Waals surface area contributed by atoms with Gasteiger partial charge in [0.25, 0.3) is 5.91 Å². The summed E-state index contributed by atoms with van der Waals surface area (Å²) in [4.78, 5) is 48.5. The number of rotatable bonds is 8. The second-order valence-electron chi connectivity index (χ2n) is 6.98. The van der Waals surface area contributed by atoms with Crippen LogP contribution in [0.4, 0.5) is 10.1 Å². The lowest BCUT2D eigenvalue weighted by atomic mass is 10.0. The van der Waals surface area contributed by atoms with E-state index in [1.165, 1.54) is 80.9 Å². The molecular weight excluding hydrogens is 445 g/mol. The molecule has 0 saturated heterocycles. The standard InChI is InChI=1S/C25H20FNO7/c1-32-24(30)17-11-18(25(31)33-2)13-20(12-17)27-22(28)14-34-21-9-5-16(6-10-21)23(29)15-3-7-19(26)8-4-15/h3-13H,14H2,1-2H3,(H,27,28). The van der Waals surface area contributed by atoms with E-state index in [1.54, 1.807) is 0 Å². The van der Waals surface area contributed by atoms with Gasteiger partial charge >= 0.3 is 11.9 Å². The molecule has 1 N–H and O–H groups in total. The zero-order chi connectivity index (χ0) is 24.7. The number of benzene rings is 3. The van der Waals surface area contributed by atoms with Crippen molar-refractivity contribution in [3.63, 3.8) is 0 Å². The Balaban J connectivity index is 1.63. The van der Waals surface area contributed by atoms with Gasteiger partial charge in [-0.1, -0.05) is 0 Å². The van der Waals surface area contributed by atoms with Crippen LogP contribution >= 0.6 is 0 Å². The van der Waals surface area contributed by atoms with Crippen LogP contribution in [0.2, 0.25) is 0 Å². The molecule has 0 saturated carbocycles. The number of hydrogen-bond donors (Lipinski definition) is 1. The maximum absolute atomic E-state index is 13.0. The number of carbonyl (C=O) groups is 4. The maximum atomic E-state index is 13.0. The maximum Gasteiger partial charge on any atom is 0.337 e. The molecular formula is C25H20FNO7. The van der Waals surface area contributed by atoms with Gasteiger partial charge in [-0.2, -0.15) is 0 Å². The van der Waals surface area contributed by atoms with E-state index in [4.69, 9.17) is 4.74 Å². The number of anilines is 1. The first-order chi connectivity index (χ1) is 16.3. The van der Waals surface area contributed by atoms with Crippen molar-refractivity contribution in [2.75, 3.05) is 26.1 Å². The molecule has 3 rings (SSSR count). The van der Waals surface area contributed by atoms with E-state index >= 15 is 0 Å². The Morgan fingerprint density at radius 1 is 0.735 bits per heavy atom. The molecule has 0 fully saturated rings. The first-order valence-electron chi connectivity index (χ1n) is 9.95. The zero-order valence-corrected chi connectivity index (χ0v) is 18.3. The lowest BCUT2D eigenvalue weighted by Crippen LogP contribution is -2.21. The second-order valence-corrected chi connectivity index (χ2v) is 6.98. The SMILES string of the molecule is COC(=O)c1cc(NC(=O)COc2ccc(C(=O)c3ccc(F)cc3)cc2)cc(C(=O)OC)c1. The Labute approximate surface area is 194 Å². The first kappa shape index (κ1) is 24.1. The van der Waals surface area contributed by atoms with Gasteiger partial charge in [0.05, 0.1) is 25.3 Å². The molecule has 0 aliphatic carbocycles. The Bertz CT molecular complexity index is 1190. The van der Waals surface area contributed by atoms with E-state index in [2.05, 4.69) is 14.8 Å². The molecule has 9 heteroatoms. The van der Waals surface area contributed by atoms with E-state index in [0.717, 1.165) is 0 Å². The fourth-order valence-corrected chi connectivity index (χ4v) is 2.99. The number of methoxy groups -OCH3 is 2. The number of amides is 1. The van der Waals surface area contributed by atoms with E-state index in [9.17, 15) is 23.6 Å². The van der Waals surface area contributed by atoms with Crippen molar-refractivity contribution in [2.24, 2.45) is 0 Å². The molecule has 3 aromatic rings. The van der Waals surface area contributed by atoms with E-state index < -0.39 is 23.7 Å². The summed E-state index contributed by atoms with van der Waals surface area (Å²) in [5, 5.41) is 2.54. The predicted octanol–water partition coefficient (Wildman–Crippen LogP) is 3.65. The van der Waals surface area contributed by atoms with Gasteiger partial charge in [-0.25, -0.2) is 14.0 Å². The number of hydrogen-bond acceptors (Lipinski definition) is 7. The van der Waals surface area contributed by atoms with Crippen molar-refractivity contribution in [3.05, 3.63) is 94.8 Å². The van der Waals surface area contributed by atoms with Gasteiger partial charge in [0.1, 0.15) is 11.6 Å². The molecule has 0 aromatic heterocycles. The highest BCUT2D eigenvalue weighted by molar-refractivity contribution is 6.09. The molecule has 0 atom stereocenters. The van der Waals surface area contributed by atoms with Crippen LogP contribution in [0.3, 0.4) is 0 Å². The van der Waals surface area contributed by atoms with Crippen LogP contribution in [0, 0.1) is 5.82 Å². The third-order valence-electron chi connectivity index (χ3n) is 4.65. The Kier molecular flexibility index (Phi) is 7.71. The van der Waals surface area contributed by atoms with Crippen molar-refractivity contribution >= 4 is 29.3 Å². The Morgan fingerprint density at radius 3 is 1.74 bits per heavy atom. The van der Waals surface area contributed by atoms with Crippen LogP contribution in [0.15, 0.2) is 66.7 Å². The number of ketones is 1. The molecule has 0 spiro atoms. The van der Waals surface area contributed by atoms with Gasteiger partial charge in [0.2, 0.25) is 0 Å². The number of nitrogens with one attached hydrogen (secondary N) is 1. The van der Waals surface area contributed by atoms with E-state index in [1.807, 2.05) is 0 Å². The quantitative estimate of drug-likeness (QED) is 0.400. The normalized spacial score (nSPS) is 10.2. The highest BCUT2D eigenvalue weighted by Crippen LogP contribution is 2.18. The lowest BCUT2D eigenvalue weighted by molar-refractivity contribution is -0.118. The van der Waals surface area contributed by atoms with E-state index in [-0.39, 0.29) is 29.2 Å². The summed E-state index contributed by atoms with van der Waals surface area (Å²) in [6.45, 7) is -0.374. The van der Waals surface area contributed by atoms with Crippen molar-refractivity contribution in [2.45, 2.75) is 0 Å². The van der Waals surface area contributed by atoms with Gasteiger partial charge in [-0.15, -0.1) is 0 Å².